The number of nitrogens with one attached hydrogen (secondary N) is 1. The molecule has 0 aromatic heterocycles. The fourth-order valence-corrected chi connectivity index (χ4v) is 2.51. The molecule has 2 rings (SSSR count). The van der Waals surface area contributed by atoms with E-state index in [2.05, 4.69) is 5.32 Å². The summed E-state index contributed by atoms with van der Waals surface area (Å²) in [6.07, 6.45) is 3.75. The van der Waals surface area contributed by atoms with E-state index in [1.807, 2.05) is 35.2 Å². The Morgan fingerprint density at radius 2 is 1.81 bits per heavy atom. The maximum atomic E-state index is 12.0. The molecular weight excluding hydrogens is 266 g/mol. The first-order chi connectivity index (χ1) is 10.2. The van der Waals surface area contributed by atoms with E-state index in [0.717, 1.165) is 31.5 Å². The van der Waals surface area contributed by atoms with Gasteiger partial charge in [-0.2, -0.15) is 0 Å². The standard InChI is InChI=1S/C16H23N3O2/c17-14(11-13-7-3-1-4-8-13)16(21)18-12-15(20)19-9-5-2-6-10-19/h1,3-4,7-8,14H,2,5-6,9-12,17H2,(H,18,21)/t14-/m1/s1. The fraction of sp³-hybridized carbons (Fsp3) is 0.500. The van der Waals surface area contributed by atoms with E-state index in [0.29, 0.717) is 6.42 Å². The van der Waals surface area contributed by atoms with E-state index < -0.39 is 6.04 Å². The van der Waals surface area contributed by atoms with Crippen LogP contribution < -0.4 is 11.1 Å². The number of benzene rings is 1. The zero-order chi connectivity index (χ0) is 15.1. The van der Waals surface area contributed by atoms with E-state index in [4.69, 9.17) is 5.73 Å². The molecular formula is C16H23N3O2. The molecule has 5 nitrogen and oxygen atoms in total. The Bertz CT molecular complexity index is 470. The second-order valence-electron chi connectivity index (χ2n) is 5.46. The highest BCUT2D eigenvalue weighted by Crippen LogP contribution is 2.08. The Labute approximate surface area is 125 Å². The number of nitrogens with two attached hydrogens (primary N) is 1. The molecule has 1 atom stereocenters. The van der Waals surface area contributed by atoms with Crippen molar-refractivity contribution in [3.8, 4) is 0 Å². The smallest absolute Gasteiger partial charge is 0.241 e. The lowest BCUT2D eigenvalue weighted by molar-refractivity contribution is -0.133. The maximum absolute atomic E-state index is 12.0. The SMILES string of the molecule is N[C@H](Cc1ccccc1)C(=O)NCC(=O)N1CCCCC1. The average molecular weight is 289 g/mol. The van der Waals surface area contributed by atoms with Gasteiger partial charge in [-0.25, -0.2) is 0 Å². The Morgan fingerprint density at radius 1 is 1.14 bits per heavy atom. The summed E-state index contributed by atoms with van der Waals surface area (Å²) in [7, 11) is 0. The largest absolute Gasteiger partial charge is 0.346 e. The summed E-state index contributed by atoms with van der Waals surface area (Å²) in [5, 5.41) is 2.64. The quantitative estimate of drug-likeness (QED) is 0.837. The summed E-state index contributed by atoms with van der Waals surface area (Å²) in [5.41, 5.74) is 6.89. The zero-order valence-electron chi connectivity index (χ0n) is 12.3. The summed E-state index contributed by atoms with van der Waals surface area (Å²) in [6.45, 7) is 1.64. The Balaban J connectivity index is 1.74. The van der Waals surface area contributed by atoms with E-state index in [1.54, 1.807) is 0 Å². The molecule has 5 heteroatoms. The normalized spacial score (nSPS) is 16.3. The zero-order valence-corrected chi connectivity index (χ0v) is 12.3. The molecule has 1 aromatic rings. The molecule has 1 aliphatic rings. The summed E-state index contributed by atoms with van der Waals surface area (Å²) in [5.74, 6) is -0.292. The fourth-order valence-electron chi connectivity index (χ4n) is 2.51. The van der Waals surface area contributed by atoms with Crippen molar-refractivity contribution >= 4 is 11.8 Å². The van der Waals surface area contributed by atoms with Gasteiger partial charge in [-0.05, 0) is 31.2 Å². The molecule has 0 radical (unpaired) electrons. The summed E-state index contributed by atoms with van der Waals surface area (Å²) in [6, 6.07) is 9.01. The highest BCUT2D eigenvalue weighted by molar-refractivity contribution is 5.87. The average Bonchev–Trinajstić information content (AvgIpc) is 2.54. The maximum Gasteiger partial charge on any atom is 0.241 e. The van der Waals surface area contributed by atoms with Crippen LogP contribution >= 0.6 is 0 Å². The lowest BCUT2D eigenvalue weighted by atomic mass is 10.1. The van der Waals surface area contributed by atoms with Gasteiger partial charge in [-0.15, -0.1) is 0 Å². The van der Waals surface area contributed by atoms with Crippen LogP contribution in [0.15, 0.2) is 30.3 Å². The van der Waals surface area contributed by atoms with Crippen LogP contribution in [-0.4, -0.2) is 42.4 Å². The van der Waals surface area contributed by atoms with Crippen LogP contribution in [0.3, 0.4) is 0 Å². The number of carbonyl (C=O) groups excluding carboxylic acids is 2. The molecule has 0 aliphatic carbocycles. The van der Waals surface area contributed by atoms with E-state index in [-0.39, 0.29) is 18.4 Å². The van der Waals surface area contributed by atoms with Gasteiger partial charge in [-0.3, -0.25) is 9.59 Å². The van der Waals surface area contributed by atoms with Crippen LogP contribution in [0.5, 0.6) is 0 Å². The van der Waals surface area contributed by atoms with E-state index in [1.165, 1.54) is 6.42 Å². The van der Waals surface area contributed by atoms with Crippen molar-refractivity contribution in [3.05, 3.63) is 35.9 Å². The highest BCUT2D eigenvalue weighted by Gasteiger charge is 2.19. The molecule has 3 N–H and O–H groups in total. The molecule has 114 valence electrons. The van der Waals surface area contributed by atoms with Gasteiger partial charge in [0.1, 0.15) is 0 Å². The van der Waals surface area contributed by atoms with Crippen molar-refractivity contribution in [3.63, 3.8) is 0 Å². The minimum Gasteiger partial charge on any atom is -0.346 e. The van der Waals surface area contributed by atoms with E-state index >= 15 is 0 Å². The van der Waals surface area contributed by atoms with Gasteiger partial charge in [0.05, 0.1) is 12.6 Å². The second-order valence-corrected chi connectivity index (χ2v) is 5.46. The van der Waals surface area contributed by atoms with Gasteiger partial charge in [0, 0.05) is 13.1 Å². The minimum absolute atomic E-state index is 0.0186. The first-order valence-corrected chi connectivity index (χ1v) is 7.52. The van der Waals surface area contributed by atoms with Gasteiger partial charge in [0.25, 0.3) is 0 Å². The molecule has 21 heavy (non-hydrogen) atoms. The first kappa shape index (κ1) is 15.5. The molecule has 0 saturated carbocycles. The molecule has 0 spiro atoms. The Kier molecular flexibility index (Phi) is 5.75. The summed E-state index contributed by atoms with van der Waals surface area (Å²) < 4.78 is 0. The van der Waals surface area contributed by atoms with Crippen LogP contribution in [0.25, 0.3) is 0 Å². The van der Waals surface area contributed by atoms with Crippen LogP contribution in [0.4, 0.5) is 0 Å². The molecule has 0 unspecified atom stereocenters. The van der Waals surface area contributed by atoms with E-state index in [9.17, 15) is 9.59 Å². The monoisotopic (exact) mass is 289 g/mol. The minimum atomic E-state index is -0.624. The Morgan fingerprint density at radius 3 is 2.48 bits per heavy atom. The van der Waals surface area contributed by atoms with Gasteiger partial charge >= 0.3 is 0 Å². The van der Waals surface area contributed by atoms with Crippen molar-refractivity contribution < 1.29 is 9.59 Å². The predicted octanol–water partition coefficient (Wildman–Crippen LogP) is 0.685. The molecule has 1 aromatic carbocycles. The van der Waals surface area contributed by atoms with Crippen molar-refractivity contribution in [1.29, 1.82) is 0 Å². The lowest BCUT2D eigenvalue weighted by Crippen LogP contribution is -2.47. The number of hydrogen-bond donors (Lipinski definition) is 2. The number of hydrogen-bond acceptors (Lipinski definition) is 3. The third kappa shape index (κ3) is 4.86. The number of rotatable bonds is 5. The van der Waals surface area contributed by atoms with Gasteiger partial charge < -0.3 is 16.0 Å². The van der Waals surface area contributed by atoms with Gasteiger partial charge in [-0.1, -0.05) is 30.3 Å². The molecule has 1 aliphatic heterocycles. The molecule has 1 saturated heterocycles. The number of nitrogens with zero attached hydrogens (tertiary/aromatic N) is 1. The Hall–Kier alpha value is -1.88. The second kappa shape index (κ2) is 7.78. The van der Waals surface area contributed by atoms with Crippen molar-refractivity contribution in [2.75, 3.05) is 19.6 Å². The molecule has 2 amide bonds. The van der Waals surface area contributed by atoms with Gasteiger partial charge in [0.2, 0.25) is 11.8 Å². The van der Waals surface area contributed by atoms with Crippen molar-refractivity contribution in [1.82, 2.24) is 10.2 Å². The first-order valence-electron chi connectivity index (χ1n) is 7.52. The third-order valence-electron chi connectivity index (χ3n) is 3.76. The molecule has 1 heterocycles. The third-order valence-corrected chi connectivity index (χ3v) is 3.76. The number of amides is 2. The lowest BCUT2D eigenvalue weighted by Gasteiger charge is -2.27. The topological polar surface area (TPSA) is 75.4 Å². The molecule has 1 fully saturated rings. The number of piperidine rings is 1. The van der Waals surface area contributed by atoms with Crippen LogP contribution in [0, 0.1) is 0 Å². The summed E-state index contributed by atoms with van der Waals surface area (Å²) in [4.78, 5) is 25.7. The van der Waals surface area contributed by atoms with Crippen molar-refractivity contribution in [2.24, 2.45) is 5.73 Å². The van der Waals surface area contributed by atoms with Crippen LogP contribution in [-0.2, 0) is 16.0 Å². The van der Waals surface area contributed by atoms with Crippen LogP contribution in [0.2, 0.25) is 0 Å². The van der Waals surface area contributed by atoms with Gasteiger partial charge in [0.15, 0.2) is 0 Å². The van der Waals surface area contributed by atoms with Crippen molar-refractivity contribution in [2.45, 2.75) is 31.7 Å². The number of likely N-dealkylation sites (tertiary alicyclic amines) is 1. The number of carbonyl (C=O) groups is 2. The predicted molar refractivity (Wildman–Crippen MR) is 81.6 cm³/mol. The highest BCUT2D eigenvalue weighted by atomic mass is 16.2. The van der Waals surface area contributed by atoms with Crippen LogP contribution in [0.1, 0.15) is 24.8 Å². The summed E-state index contributed by atoms with van der Waals surface area (Å²) >= 11 is 0. The molecule has 0 bridgehead atoms.